The fourth-order valence-corrected chi connectivity index (χ4v) is 4.79. The highest BCUT2D eigenvalue weighted by Crippen LogP contribution is 2.28. The molecule has 6 nitrogen and oxygen atoms in total. The maximum Gasteiger partial charge on any atom is 0.254 e. The summed E-state index contributed by atoms with van der Waals surface area (Å²) in [6, 6.07) is 17.1. The van der Waals surface area contributed by atoms with Crippen molar-refractivity contribution in [3.05, 3.63) is 65.2 Å². The second-order valence-corrected chi connectivity index (χ2v) is 9.02. The third-order valence-corrected chi connectivity index (χ3v) is 6.79. The molecule has 2 amide bonds. The first-order chi connectivity index (χ1) is 16.1. The van der Waals surface area contributed by atoms with Gasteiger partial charge in [-0.3, -0.25) is 9.59 Å². The number of rotatable bonds is 3. The Bertz CT molecular complexity index is 1170. The first-order valence-electron chi connectivity index (χ1n) is 11.4. The molecule has 3 aromatic rings. The zero-order chi connectivity index (χ0) is 22.8. The Morgan fingerprint density at radius 3 is 2.33 bits per heavy atom. The Morgan fingerprint density at radius 2 is 1.61 bits per heavy atom. The van der Waals surface area contributed by atoms with Gasteiger partial charge in [-0.05, 0) is 37.1 Å². The maximum absolute atomic E-state index is 13.6. The molecule has 2 aliphatic rings. The monoisotopic (exact) mass is 463 g/mol. The first kappa shape index (κ1) is 21.9. The molecule has 0 bridgehead atoms. The van der Waals surface area contributed by atoms with Gasteiger partial charge in [-0.15, -0.1) is 0 Å². The number of halogens is 1. The van der Waals surface area contributed by atoms with Crippen LogP contribution in [0.25, 0.3) is 22.2 Å². The molecule has 2 fully saturated rings. The summed E-state index contributed by atoms with van der Waals surface area (Å²) in [5.41, 5.74) is 3.08. The van der Waals surface area contributed by atoms with E-state index in [1.54, 1.807) is 0 Å². The molecular formula is C26H26ClN3O3. The van der Waals surface area contributed by atoms with Crippen LogP contribution >= 0.6 is 11.6 Å². The van der Waals surface area contributed by atoms with Crippen LogP contribution in [0.15, 0.2) is 54.6 Å². The number of likely N-dealkylation sites (tertiary alicyclic amines) is 1. The average Bonchev–Trinajstić information content (AvgIpc) is 2.88. The second kappa shape index (κ2) is 9.49. The molecule has 3 heterocycles. The number of benzene rings is 2. The molecule has 0 saturated carbocycles. The highest BCUT2D eigenvalue weighted by Gasteiger charge is 2.31. The largest absolute Gasteiger partial charge is 0.378 e. The van der Waals surface area contributed by atoms with Gasteiger partial charge in [0.25, 0.3) is 5.91 Å². The minimum atomic E-state index is -0.0223. The highest BCUT2D eigenvalue weighted by atomic mass is 35.5. The van der Waals surface area contributed by atoms with Crippen molar-refractivity contribution in [2.75, 3.05) is 39.4 Å². The summed E-state index contributed by atoms with van der Waals surface area (Å²) in [6.45, 7) is 3.68. The number of nitrogens with zero attached hydrogens (tertiary/aromatic N) is 3. The molecule has 7 heteroatoms. The van der Waals surface area contributed by atoms with Crippen LogP contribution in [0.3, 0.4) is 0 Å². The third-order valence-electron chi connectivity index (χ3n) is 6.54. The lowest BCUT2D eigenvalue weighted by atomic mass is 9.94. The molecule has 0 aliphatic carbocycles. The number of pyridine rings is 1. The number of hydrogen-bond donors (Lipinski definition) is 0. The van der Waals surface area contributed by atoms with E-state index in [1.165, 1.54) is 0 Å². The predicted molar refractivity (Wildman–Crippen MR) is 128 cm³/mol. The van der Waals surface area contributed by atoms with Gasteiger partial charge in [0.1, 0.15) is 0 Å². The number of ether oxygens (including phenoxy) is 1. The van der Waals surface area contributed by atoms with E-state index in [1.807, 2.05) is 64.4 Å². The van der Waals surface area contributed by atoms with Gasteiger partial charge in [0, 0.05) is 48.1 Å². The fraction of sp³-hybridized carbons (Fsp3) is 0.346. The van der Waals surface area contributed by atoms with Crippen LogP contribution in [0.5, 0.6) is 0 Å². The topological polar surface area (TPSA) is 62.7 Å². The minimum Gasteiger partial charge on any atom is -0.378 e. The Labute approximate surface area is 198 Å². The van der Waals surface area contributed by atoms with Crippen molar-refractivity contribution in [3.8, 4) is 11.3 Å². The van der Waals surface area contributed by atoms with Crippen molar-refractivity contribution in [3.63, 3.8) is 0 Å². The van der Waals surface area contributed by atoms with Crippen LogP contribution in [-0.4, -0.2) is 66.0 Å². The second-order valence-electron chi connectivity index (χ2n) is 8.58. The van der Waals surface area contributed by atoms with Crippen LogP contribution < -0.4 is 0 Å². The molecule has 33 heavy (non-hydrogen) atoms. The van der Waals surface area contributed by atoms with E-state index in [0.717, 1.165) is 22.2 Å². The lowest BCUT2D eigenvalue weighted by Crippen LogP contribution is -2.47. The van der Waals surface area contributed by atoms with Crippen molar-refractivity contribution in [2.24, 2.45) is 5.92 Å². The van der Waals surface area contributed by atoms with Gasteiger partial charge in [-0.2, -0.15) is 0 Å². The number of carbonyl (C=O) groups excluding carboxylic acids is 2. The SMILES string of the molecule is O=C(c1cc(-c2ccc(Cl)cc2)nc2ccccc12)N1CCC(C(=O)N2CCOCC2)CC1. The van der Waals surface area contributed by atoms with Crippen molar-refractivity contribution in [2.45, 2.75) is 12.8 Å². The van der Waals surface area contributed by atoms with Gasteiger partial charge in [0.2, 0.25) is 5.91 Å². The van der Waals surface area contributed by atoms with Crippen LogP contribution in [0.2, 0.25) is 5.02 Å². The quantitative estimate of drug-likeness (QED) is 0.582. The molecule has 0 N–H and O–H groups in total. The molecule has 0 atom stereocenters. The van der Waals surface area contributed by atoms with E-state index >= 15 is 0 Å². The number of carbonyl (C=O) groups is 2. The van der Waals surface area contributed by atoms with Crippen LogP contribution in [0, 0.1) is 5.92 Å². The average molecular weight is 464 g/mol. The minimum absolute atomic E-state index is 0.0129. The van der Waals surface area contributed by atoms with E-state index in [0.29, 0.717) is 62.8 Å². The fourth-order valence-electron chi connectivity index (χ4n) is 4.66. The van der Waals surface area contributed by atoms with Crippen molar-refractivity contribution in [1.82, 2.24) is 14.8 Å². The van der Waals surface area contributed by atoms with Gasteiger partial charge >= 0.3 is 0 Å². The van der Waals surface area contributed by atoms with E-state index in [2.05, 4.69) is 0 Å². The van der Waals surface area contributed by atoms with Crippen molar-refractivity contribution >= 4 is 34.3 Å². The molecule has 2 aliphatic heterocycles. The Morgan fingerprint density at radius 1 is 0.909 bits per heavy atom. The van der Waals surface area contributed by atoms with Gasteiger partial charge in [-0.25, -0.2) is 4.98 Å². The molecule has 1 aromatic heterocycles. The number of aromatic nitrogens is 1. The number of amides is 2. The van der Waals surface area contributed by atoms with Crippen molar-refractivity contribution in [1.29, 1.82) is 0 Å². The van der Waals surface area contributed by atoms with Gasteiger partial charge in [-0.1, -0.05) is 41.9 Å². The maximum atomic E-state index is 13.6. The third kappa shape index (κ3) is 4.59. The molecule has 0 radical (unpaired) electrons. The Kier molecular flexibility index (Phi) is 6.29. The van der Waals surface area contributed by atoms with Crippen molar-refractivity contribution < 1.29 is 14.3 Å². The number of morpholine rings is 1. The van der Waals surface area contributed by atoms with Crippen LogP contribution in [0.4, 0.5) is 0 Å². The number of fused-ring (bicyclic) bond motifs is 1. The zero-order valence-corrected chi connectivity index (χ0v) is 19.1. The Balaban J connectivity index is 1.37. The smallest absolute Gasteiger partial charge is 0.254 e. The molecule has 0 spiro atoms. The van der Waals surface area contributed by atoms with Gasteiger partial charge < -0.3 is 14.5 Å². The predicted octanol–water partition coefficient (Wildman–Crippen LogP) is 4.27. The molecular weight excluding hydrogens is 438 g/mol. The Hall–Kier alpha value is -2.96. The summed E-state index contributed by atoms with van der Waals surface area (Å²) in [4.78, 5) is 35.0. The van der Waals surface area contributed by atoms with E-state index in [9.17, 15) is 9.59 Å². The van der Waals surface area contributed by atoms with Gasteiger partial charge in [0.15, 0.2) is 0 Å². The molecule has 2 saturated heterocycles. The number of piperidine rings is 1. The summed E-state index contributed by atoms with van der Waals surface area (Å²) in [5, 5.41) is 1.50. The standard InChI is InChI=1S/C26H26ClN3O3/c27-20-7-5-18(6-8-20)24-17-22(21-3-1-2-4-23(21)28-24)26(32)29-11-9-19(10-12-29)25(31)30-13-15-33-16-14-30/h1-8,17,19H,9-16H2. The van der Waals surface area contributed by atoms with E-state index in [4.69, 9.17) is 21.3 Å². The normalized spacial score (nSPS) is 17.4. The van der Waals surface area contributed by atoms with E-state index in [-0.39, 0.29) is 17.7 Å². The summed E-state index contributed by atoms with van der Waals surface area (Å²) in [6.07, 6.45) is 1.38. The molecule has 2 aromatic carbocycles. The number of para-hydroxylation sites is 1. The molecule has 5 rings (SSSR count). The zero-order valence-electron chi connectivity index (χ0n) is 18.4. The number of hydrogen-bond acceptors (Lipinski definition) is 4. The highest BCUT2D eigenvalue weighted by molar-refractivity contribution is 6.30. The summed E-state index contributed by atoms with van der Waals surface area (Å²) < 4.78 is 5.36. The van der Waals surface area contributed by atoms with Gasteiger partial charge in [0.05, 0.1) is 30.0 Å². The first-order valence-corrected chi connectivity index (χ1v) is 11.8. The lowest BCUT2D eigenvalue weighted by Gasteiger charge is -2.35. The lowest BCUT2D eigenvalue weighted by molar-refractivity contribution is -0.141. The summed E-state index contributed by atoms with van der Waals surface area (Å²) >= 11 is 6.05. The molecule has 170 valence electrons. The molecule has 0 unspecified atom stereocenters. The van der Waals surface area contributed by atoms with Crippen LogP contribution in [-0.2, 0) is 9.53 Å². The summed E-state index contributed by atoms with van der Waals surface area (Å²) in [5.74, 6) is 0.164. The van der Waals surface area contributed by atoms with Crippen LogP contribution in [0.1, 0.15) is 23.2 Å². The summed E-state index contributed by atoms with van der Waals surface area (Å²) in [7, 11) is 0. The van der Waals surface area contributed by atoms with E-state index < -0.39 is 0 Å².